The Bertz CT molecular complexity index is 862. The van der Waals surface area contributed by atoms with Crippen LogP contribution in [0.3, 0.4) is 0 Å². The van der Waals surface area contributed by atoms with E-state index in [9.17, 15) is 24.0 Å². The summed E-state index contributed by atoms with van der Waals surface area (Å²) >= 11 is 0. The maximum Gasteiger partial charge on any atom is 0.470 e. The van der Waals surface area contributed by atoms with Gasteiger partial charge in [-0.15, -0.1) is 0 Å². The van der Waals surface area contributed by atoms with Gasteiger partial charge in [0.1, 0.15) is 6.10 Å². The molecule has 3 heterocycles. The predicted molar refractivity (Wildman–Crippen MR) is 72.1 cm³/mol. The summed E-state index contributed by atoms with van der Waals surface area (Å²) in [5.41, 5.74) is -0.939. The SMILES string of the molecule is O=c1[nH]cnc2c1ncn2[C@@H]1O[C@H](CO)[C@@H](OP(=O)(O)O)[C@]1(O)F. The molecule has 132 valence electrons. The Hall–Kier alpha value is -1.73. The van der Waals surface area contributed by atoms with Crippen molar-refractivity contribution in [3.05, 3.63) is 23.0 Å². The van der Waals surface area contributed by atoms with Gasteiger partial charge in [0.05, 0.1) is 19.3 Å². The van der Waals surface area contributed by atoms with Crippen molar-refractivity contribution in [2.24, 2.45) is 0 Å². The molecule has 2 aromatic heterocycles. The minimum atomic E-state index is -5.19. The van der Waals surface area contributed by atoms with Crippen LogP contribution in [-0.4, -0.2) is 64.2 Å². The molecule has 4 atom stereocenters. The molecule has 3 rings (SSSR count). The molecule has 24 heavy (non-hydrogen) atoms. The molecule has 1 aliphatic rings. The number of hydrogen-bond donors (Lipinski definition) is 5. The topological polar surface area (TPSA) is 180 Å². The number of nitrogens with one attached hydrogen (secondary N) is 1. The largest absolute Gasteiger partial charge is 0.470 e. The molecule has 0 unspecified atom stereocenters. The number of phosphoric acid groups is 1. The van der Waals surface area contributed by atoms with Crippen LogP contribution in [-0.2, 0) is 13.8 Å². The van der Waals surface area contributed by atoms with Crippen molar-refractivity contribution in [2.75, 3.05) is 6.61 Å². The highest BCUT2D eigenvalue weighted by Gasteiger charge is 2.60. The fourth-order valence-electron chi connectivity index (χ4n) is 2.46. The van der Waals surface area contributed by atoms with Crippen molar-refractivity contribution < 1.29 is 38.2 Å². The highest BCUT2D eigenvalue weighted by atomic mass is 31.2. The molecule has 1 fully saturated rings. The summed E-state index contributed by atoms with van der Waals surface area (Å²) in [7, 11) is -5.19. The van der Waals surface area contributed by atoms with Gasteiger partial charge in [0, 0.05) is 0 Å². The van der Waals surface area contributed by atoms with Crippen molar-refractivity contribution in [1.29, 1.82) is 0 Å². The van der Waals surface area contributed by atoms with Gasteiger partial charge in [-0.2, -0.15) is 0 Å². The molecule has 1 aliphatic heterocycles. The quantitative estimate of drug-likeness (QED) is 0.385. The third kappa shape index (κ3) is 2.75. The molecule has 14 heteroatoms. The van der Waals surface area contributed by atoms with E-state index in [0.29, 0.717) is 0 Å². The second-order valence-corrected chi connectivity index (χ2v) is 6.20. The molecule has 0 amide bonds. The number of rotatable bonds is 4. The molecule has 5 N–H and O–H groups in total. The zero-order valence-corrected chi connectivity index (χ0v) is 12.6. The number of aliphatic hydroxyl groups is 2. The van der Waals surface area contributed by atoms with Gasteiger partial charge in [-0.1, -0.05) is 0 Å². The summed E-state index contributed by atoms with van der Waals surface area (Å²) in [5.74, 6) is -3.45. The molecular weight excluding hydrogens is 354 g/mol. The predicted octanol–water partition coefficient (Wildman–Crippen LogP) is -1.85. The second-order valence-electron chi connectivity index (χ2n) is 5.01. The highest BCUT2D eigenvalue weighted by molar-refractivity contribution is 7.46. The summed E-state index contributed by atoms with van der Waals surface area (Å²) in [6.45, 7) is -0.895. The van der Waals surface area contributed by atoms with E-state index >= 15 is 0 Å². The number of imidazole rings is 1. The average Bonchev–Trinajstić information content (AvgIpc) is 2.99. The van der Waals surface area contributed by atoms with Crippen LogP contribution in [0.15, 0.2) is 17.4 Å². The minimum absolute atomic E-state index is 0.145. The molecule has 0 radical (unpaired) electrons. The van der Waals surface area contributed by atoms with Crippen molar-refractivity contribution in [2.45, 2.75) is 24.3 Å². The number of aliphatic hydroxyl groups excluding tert-OH is 1. The zero-order chi connectivity index (χ0) is 17.7. The molecule has 0 aromatic carbocycles. The average molecular weight is 366 g/mol. The Morgan fingerprint density at radius 3 is 2.83 bits per heavy atom. The van der Waals surface area contributed by atoms with Crippen LogP contribution in [0.2, 0.25) is 0 Å². The number of halogens is 1. The van der Waals surface area contributed by atoms with E-state index in [-0.39, 0.29) is 11.2 Å². The van der Waals surface area contributed by atoms with Gasteiger partial charge < -0.3 is 29.7 Å². The first-order valence-electron chi connectivity index (χ1n) is 6.47. The molecule has 0 saturated carbocycles. The van der Waals surface area contributed by atoms with E-state index < -0.39 is 44.3 Å². The van der Waals surface area contributed by atoms with Crippen molar-refractivity contribution in [3.8, 4) is 0 Å². The third-order valence-electron chi connectivity index (χ3n) is 3.44. The second kappa shape index (κ2) is 5.67. The van der Waals surface area contributed by atoms with Crippen molar-refractivity contribution in [3.63, 3.8) is 0 Å². The Morgan fingerprint density at radius 2 is 2.21 bits per heavy atom. The van der Waals surface area contributed by atoms with Gasteiger partial charge in [-0.25, -0.2) is 18.9 Å². The number of aromatic amines is 1. The van der Waals surface area contributed by atoms with E-state index in [1.165, 1.54) is 0 Å². The molecule has 2 aromatic rings. The van der Waals surface area contributed by atoms with E-state index in [1.54, 1.807) is 0 Å². The van der Waals surface area contributed by atoms with Gasteiger partial charge >= 0.3 is 7.82 Å². The van der Waals surface area contributed by atoms with Gasteiger partial charge in [0.2, 0.25) is 0 Å². The number of nitrogens with zero attached hydrogens (tertiary/aromatic N) is 3. The van der Waals surface area contributed by atoms with Crippen LogP contribution in [0.25, 0.3) is 11.2 Å². The summed E-state index contributed by atoms with van der Waals surface area (Å²) < 4.78 is 35.9. The smallest absolute Gasteiger partial charge is 0.394 e. The Balaban J connectivity index is 2.06. The van der Waals surface area contributed by atoms with Crippen molar-refractivity contribution >= 4 is 19.0 Å². The highest BCUT2D eigenvalue weighted by Crippen LogP contribution is 2.49. The zero-order valence-electron chi connectivity index (χ0n) is 11.7. The lowest BCUT2D eigenvalue weighted by atomic mass is 10.1. The maximum atomic E-state index is 14.8. The van der Waals surface area contributed by atoms with E-state index in [2.05, 4.69) is 19.5 Å². The first kappa shape index (κ1) is 17.1. The number of hydrogen-bond acceptors (Lipinski definition) is 8. The lowest BCUT2D eigenvalue weighted by Crippen LogP contribution is -2.44. The normalized spacial score (nSPS) is 31.0. The third-order valence-corrected chi connectivity index (χ3v) is 3.94. The molecule has 0 bridgehead atoms. The number of aromatic nitrogens is 4. The van der Waals surface area contributed by atoms with E-state index in [4.69, 9.17) is 14.5 Å². The van der Waals surface area contributed by atoms with Gasteiger partial charge in [-0.3, -0.25) is 13.9 Å². The molecular formula is C10H12FN4O8P. The fourth-order valence-corrected chi connectivity index (χ4v) is 3.04. The van der Waals surface area contributed by atoms with Crippen LogP contribution in [0.5, 0.6) is 0 Å². The first-order valence-corrected chi connectivity index (χ1v) is 8.00. The summed E-state index contributed by atoms with van der Waals surface area (Å²) in [6.07, 6.45) is -3.71. The number of fused-ring (bicyclic) bond motifs is 1. The van der Waals surface area contributed by atoms with Crippen LogP contribution in [0.1, 0.15) is 6.23 Å². The van der Waals surface area contributed by atoms with E-state index in [1.807, 2.05) is 0 Å². The number of ether oxygens (including phenoxy) is 1. The van der Waals surface area contributed by atoms with Gasteiger partial charge in [0.15, 0.2) is 23.5 Å². The lowest BCUT2D eigenvalue weighted by molar-refractivity contribution is -0.192. The summed E-state index contributed by atoms with van der Waals surface area (Å²) in [4.78, 5) is 39.1. The molecule has 12 nitrogen and oxygen atoms in total. The van der Waals surface area contributed by atoms with Crippen LogP contribution in [0.4, 0.5) is 4.39 Å². The summed E-state index contributed by atoms with van der Waals surface area (Å²) in [6, 6.07) is 0. The Labute approximate surface area is 131 Å². The van der Waals surface area contributed by atoms with Crippen molar-refractivity contribution in [1.82, 2.24) is 19.5 Å². The summed E-state index contributed by atoms with van der Waals surface area (Å²) in [5, 5.41) is 19.3. The Kier molecular flexibility index (Phi) is 4.04. The van der Waals surface area contributed by atoms with E-state index in [0.717, 1.165) is 17.2 Å². The molecule has 1 saturated heterocycles. The van der Waals surface area contributed by atoms with Crippen LogP contribution in [0, 0.1) is 0 Å². The number of H-pyrrole nitrogens is 1. The monoisotopic (exact) mass is 366 g/mol. The first-order chi connectivity index (χ1) is 11.1. The van der Waals surface area contributed by atoms with Crippen LogP contribution >= 0.6 is 7.82 Å². The minimum Gasteiger partial charge on any atom is -0.394 e. The Morgan fingerprint density at radius 1 is 1.50 bits per heavy atom. The standard InChI is InChI=1S/C10H12FN4O8P/c11-10(18)6(23-24(19,20)21)4(1-16)22-9(10)15-3-14-5-7(15)12-2-13-8(5)17/h2-4,6,9,16,18H,1H2,(H,12,13,17)(H2,19,20,21)/t4-,6-,9-,10-/m1/s1. The molecule has 0 spiro atoms. The van der Waals surface area contributed by atoms with Gasteiger partial charge in [0.25, 0.3) is 11.4 Å². The lowest BCUT2D eigenvalue weighted by Gasteiger charge is -2.26. The fraction of sp³-hybridized carbons (Fsp3) is 0.500. The number of alkyl halides is 1. The van der Waals surface area contributed by atoms with Crippen LogP contribution < -0.4 is 5.56 Å². The maximum absolute atomic E-state index is 14.8. The number of phosphoric ester groups is 1. The van der Waals surface area contributed by atoms with Gasteiger partial charge in [-0.05, 0) is 0 Å². The molecule has 0 aliphatic carbocycles.